The van der Waals surface area contributed by atoms with Gasteiger partial charge in [0.15, 0.2) is 30.0 Å². The van der Waals surface area contributed by atoms with Gasteiger partial charge in [-0.2, -0.15) is 0 Å². The van der Waals surface area contributed by atoms with Gasteiger partial charge >= 0.3 is 0 Å². The maximum Gasteiger partial charge on any atom is 0.272 e. The number of rotatable bonds is 22. The van der Waals surface area contributed by atoms with Crippen LogP contribution < -0.4 is 94.1 Å². The number of allylic oxidation sites excluding steroid dienone is 1. The monoisotopic (exact) mass is 908 g/mol. The van der Waals surface area contributed by atoms with Crippen molar-refractivity contribution in [2.45, 2.75) is 43.1 Å². The highest BCUT2D eigenvalue weighted by Crippen LogP contribution is 2.15. The number of nitrogens with zero attached hydrogens (tertiary/aromatic N) is 6. The minimum Gasteiger partial charge on any atom is -0.378 e. The van der Waals surface area contributed by atoms with Gasteiger partial charge in [-0.3, -0.25) is 38.6 Å². The number of amides is 7. The predicted octanol–water partition coefficient (Wildman–Crippen LogP) is -9.24. The van der Waals surface area contributed by atoms with Gasteiger partial charge in [-0.05, 0) is 29.3 Å². The minimum atomic E-state index is -2.18. The van der Waals surface area contributed by atoms with Crippen molar-refractivity contribution in [1.82, 2.24) is 31.9 Å². The second-order valence-corrected chi connectivity index (χ2v) is 13.1. The van der Waals surface area contributed by atoms with Crippen LogP contribution in [0.3, 0.4) is 0 Å². The van der Waals surface area contributed by atoms with Crippen LogP contribution in [0.4, 0.5) is 5.69 Å². The highest BCUT2D eigenvalue weighted by Gasteiger charge is 2.34. The second-order valence-electron chi connectivity index (χ2n) is 13.1. The molecule has 2 rings (SSSR count). The lowest BCUT2D eigenvalue weighted by molar-refractivity contribution is -0.136. The van der Waals surface area contributed by atoms with Crippen LogP contribution in [-0.4, -0.2) is 128 Å². The molecule has 7 atom stereocenters. The summed E-state index contributed by atoms with van der Waals surface area (Å²) in [6.07, 6.45) is -7.91. The zero-order valence-corrected chi connectivity index (χ0v) is 34.7. The number of nitrogens with two attached hydrogens (primary N) is 10. The van der Waals surface area contributed by atoms with Crippen LogP contribution in [0.25, 0.3) is 6.08 Å². The summed E-state index contributed by atoms with van der Waals surface area (Å²) in [6.45, 7) is 0. The van der Waals surface area contributed by atoms with Gasteiger partial charge in [0, 0.05) is 26.0 Å². The van der Waals surface area contributed by atoms with Crippen molar-refractivity contribution in [3.63, 3.8) is 0 Å². The fourth-order valence-corrected chi connectivity index (χ4v) is 4.78. The molecule has 65 heavy (non-hydrogen) atoms. The Balaban J connectivity index is 2.35. The van der Waals surface area contributed by atoms with Crippen molar-refractivity contribution in [1.29, 1.82) is 0 Å². The van der Waals surface area contributed by atoms with Crippen LogP contribution in [0.1, 0.15) is 17.2 Å². The molecule has 0 aromatic heterocycles. The molecule has 0 aliphatic heterocycles. The van der Waals surface area contributed by atoms with Crippen molar-refractivity contribution in [3.8, 4) is 0 Å². The quantitative estimate of drug-likeness (QED) is 0.0296. The maximum absolute atomic E-state index is 13.8. The van der Waals surface area contributed by atoms with Crippen molar-refractivity contribution in [2.75, 3.05) is 19.0 Å². The number of hydrogen-bond donors (Lipinski definition) is 17. The Bertz CT molecular complexity index is 2200. The number of guanidine groups is 4. The fourth-order valence-electron chi connectivity index (χ4n) is 4.78. The number of nitrogens with one attached hydrogen (secondary N) is 6. The lowest BCUT2D eigenvalue weighted by Crippen LogP contribution is -2.60. The van der Waals surface area contributed by atoms with E-state index in [0.717, 1.165) is 11.3 Å². The molecule has 0 radical (unpaired) electrons. The van der Waals surface area contributed by atoms with Crippen LogP contribution >= 0.6 is 0 Å². The minimum absolute atomic E-state index is 0.150. The van der Waals surface area contributed by atoms with E-state index in [1.54, 1.807) is 12.1 Å². The summed E-state index contributed by atoms with van der Waals surface area (Å²) in [5, 5.41) is 23.0. The average Bonchev–Trinajstić information content (AvgIpc) is 3.22. The molecule has 0 aliphatic carbocycles. The molecule has 27 N–H and O–H groups in total. The standard InChI is InChI=1S/C35H52N22O8/c1-57(2)17-12-10-15(11-13-17)7-6-14-46-30(64)31(65)47-18(16-8-4-3-5-9-16)25(59)49-22(54-33(40)41)27(61)51-24(56-35(44)45)29(63)52-23(55-34(42)43)28(62)50-21(53-32(38)39)26(60)48-19(36)20(37)58/h3-14,18-19,21-24,30,64H,36H2,1-2H3,(H2,37,58)(H,47,65)(H,48,60)(H,49,59)(H,50,62)(H,51,61)(H,52,63)(H4,38,39,53)(H4,40,41,54)(H4,42,43,55)(H4,44,45,56)/b7-6-,46-14?. The third-order valence-electron chi connectivity index (χ3n) is 7.75. The molecule has 0 saturated carbocycles. The van der Waals surface area contributed by atoms with Gasteiger partial charge in [0.1, 0.15) is 6.04 Å². The summed E-state index contributed by atoms with van der Waals surface area (Å²) in [4.78, 5) is 111. The normalized spacial score (nSPS) is 14.0. The first kappa shape index (κ1) is 52.1. The summed E-state index contributed by atoms with van der Waals surface area (Å²) in [7, 11) is 3.79. The zero-order valence-electron chi connectivity index (χ0n) is 34.7. The van der Waals surface area contributed by atoms with Gasteiger partial charge < -0.3 is 99.2 Å². The third-order valence-corrected chi connectivity index (χ3v) is 7.75. The topological polar surface area (TPSA) is 537 Å². The molecule has 7 amide bonds. The molecule has 30 nitrogen and oxygen atoms in total. The van der Waals surface area contributed by atoms with Gasteiger partial charge in [0.25, 0.3) is 35.4 Å². The summed E-state index contributed by atoms with van der Waals surface area (Å²) in [5.41, 5.74) is 56.0. The lowest BCUT2D eigenvalue weighted by Gasteiger charge is -2.24. The Kier molecular flexibility index (Phi) is 20.0. The molecular formula is C35H52N22O8. The number of hydrogen-bond acceptors (Lipinski definition) is 15. The molecule has 2 aromatic rings. The number of aliphatic hydroxyl groups is 1. The summed E-state index contributed by atoms with van der Waals surface area (Å²) < 4.78 is 0. The molecule has 0 heterocycles. The van der Waals surface area contributed by atoms with Gasteiger partial charge in [-0.1, -0.05) is 48.5 Å². The molecule has 7 unspecified atom stereocenters. The zero-order chi connectivity index (χ0) is 49.0. The van der Waals surface area contributed by atoms with E-state index >= 15 is 0 Å². The van der Waals surface area contributed by atoms with E-state index in [1.165, 1.54) is 36.6 Å². The van der Waals surface area contributed by atoms with Crippen molar-refractivity contribution in [3.05, 3.63) is 71.8 Å². The molecule has 0 bridgehead atoms. The average molecular weight is 909 g/mol. The Labute approximate surface area is 369 Å². The fraction of sp³-hybridized carbons (Fsp3) is 0.257. The van der Waals surface area contributed by atoms with Crippen molar-refractivity contribution in [2.24, 2.45) is 82.3 Å². The first-order valence-electron chi connectivity index (χ1n) is 18.4. The first-order valence-corrected chi connectivity index (χ1v) is 18.4. The van der Waals surface area contributed by atoms with Crippen LogP contribution in [0, 0.1) is 0 Å². The summed E-state index contributed by atoms with van der Waals surface area (Å²) in [5.74, 6) is -12.0. The van der Waals surface area contributed by atoms with Gasteiger partial charge in [-0.25, -0.2) is 20.0 Å². The SMILES string of the molecule is CN(C)c1ccc(/C=C\C=NC(O)C(=O)NC(C(=O)NC(N=C(N)N)C(=O)NC(N=C(N)N)C(=O)NC(N=C(N)N)C(=O)NC(N=C(N)N)C(=O)NC(N)C(N)=O)c2ccccc2)cc1. The van der Waals surface area contributed by atoms with E-state index in [2.05, 4.69) is 40.9 Å². The van der Waals surface area contributed by atoms with Crippen LogP contribution in [0.15, 0.2) is 85.6 Å². The van der Waals surface area contributed by atoms with E-state index < -0.39 is 108 Å². The number of carbonyl (C=O) groups is 7. The van der Waals surface area contributed by atoms with E-state index in [9.17, 15) is 38.7 Å². The smallest absolute Gasteiger partial charge is 0.272 e. The molecule has 0 fully saturated rings. The van der Waals surface area contributed by atoms with Gasteiger partial charge in [0.2, 0.25) is 36.8 Å². The van der Waals surface area contributed by atoms with E-state index in [0.29, 0.717) is 0 Å². The Morgan fingerprint density at radius 3 is 1.34 bits per heavy atom. The van der Waals surface area contributed by atoms with E-state index in [1.807, 2.05) is 59.2 Å². The molecule has 0 spiro atoms. The van der Waals surface area contributed by atoms with Crippen molar-refractivity contribution < 1.29 is 38.7 Å². The van der Waals surface area contributed by atoms with Crippen molar-refractivity contribution >= 4 is 83.2 Å². The number of carbonyl (C=O) groups excluding carboxylic acids is 7. The predicted molar refractivity (Wildman–Crippen MR) is 238 cm³/mol. The van der Waals surface area contributed by atoms with Crippen LogP contribution in [-0.2, 0) is 33.6 Å². The van der Waals surface area contributed by atoms with Crippen LogP contribution in [0.5, 0.6) is 0 Å². The van der Waals surface area contributed by atoms with E-state index in [4.69, 9.17) is 57.3 Å². The summed E-state index contributed by atoms with van der Waals surface area (Å²) in [6, 6.07) is 13.4. The van der Waals surface area contributed by atoms with Gasteiger partial charge in [-0.15, -0.1) is 0 Å². The number of primary amides is 1. The number of aliphatic hydroxyl groups excluding tert-OH is 1. The largest absolute Gasteiger partial charge is 0.378 e. The highest BCUT2D eigenvalue weighted by atomic mass is 16.3. The highest BCUT2D eigenvalue weighted by molar-refractivity contribution is 5.99. The molecule has 350 valence electrons. The Morgan fingerprint density at radius 1 is 0.554 bits per heavy atom. The Hall–Kier alpha value is -9.06. The summed E-state index contributed by atoms with van der Waals surface area (Å²) >= 11 is 0. The second kappa shape index (κ2) is 25.0. The lowest BCUT2D eigenvalue weighted by atomic mass is 10.1. The number of aliphatic imine (C=N–C) groups is 5. The number of anilines is 1. The first-order chi connectivity index (χ1) is 30.5. The molecule has 30 heteroatoms. The third kappa shape index (κ3) is 18.2. The van der Waals surface area contributed by atoms with Gasteiger partial charge in [0.05, 0.1) is 0 Å². The molecular weight excluding hydrogens is 857 g/mol. The molecule has 2 aromatic carbocycles. The van der Waals surface area contributed by atoms with Crippen LogP contribution in [0.2, 0.25) is 0 Å². The number of benzene rings is 2. The molecule has 0 saturated heterocycles. The Morgan fingerprint density at radius 2 is 0.954 bits per heavy atom. The maximum atomic E-state index is 13.8. The molecule has 0 aliphatic rings. The van der Waals surface area contributed by atoms with E-state index in [-0.39, 0.29) is 5.56 Å².